The maximum Gasteiger partial charge on any atom is 0.336 e. The van der Waals surface area contributed by atoms with Crippen molar-refractivity contribution in [1.82, 2.24) is 0 Å². The van der Waals surface area contributed by atoms with Gasteiger partial charge in [-0.05, 0) is 44.2 Å². The number of ether oxygens (including phenoxy) is 1. The van der Waals surface area contributed by atoms with Gasteiger partial charge in [0.25, 0.3) is 0 Å². The molecule has 1 aromatic heterocycles. The summed E-state index contributed by atoms with van der Waals surface area (Å²) in [4.78, 5) is 25.0. The number of fused-ring (bicyclic) bond motifs is 1. The van der Waals surface area contributed by atoms with E-state index >= 15 is 0 Å². The zero-order valence-corrected chi connectivity index (χ0v) is 15.5. The van der Waals surface area contributed by atoms with Gasteiger partial charge >= 0.3 is 5.97 Å². The van der Waals surface area contributed by atoms with Crippen molar-refractivity contribution in [2.24, 2.45) is 0 Å². The van der Waals surface area contributed by atoms with E-state index in [9.17, 15) is 9.59 Å². The van der Waals surface area contributed by atoms with Gasteiger partial charge in [-0.3, -0.25) is 4.79 Å². The third-order valence-corrected chi connectivity index (χ3v) is 4.09. The Balaban J connectivity index is 2.29. The molecule has 6 heteroatoms. The molecule has 0 unspecified atom stereocenters. The molecule has 0 saturated heterocycles. The van der Waals surface area contributed by atoms with Gasteiger partial charge in [0.05, 0.1) is 10.4 Å². The minimum atomic E-state index is -0.668. The van der Waals surface area contributed by atoms with E-state index in [0.717, 1.165) is 5.57 Å². The number of para-hydroxylation sites is 1. The van der Waals surface area contributed by atoms with Gasteiger partial charge < -0.3 is 9.15 Å². The van der Waals surface area contributed by atoms with Crippen LogP contribution in [0.5, 0.6) is 5.75 Å². The molecule has 0 amide bonds. The fourth-order valence-corrected chi connectivity index (χ4v) is 2.93. The lowest BCUT2D eigenvalue weighted by Crippen LogP contribution is -2.14. The SMILES string of the molecule is CC(C)=CC(=O)Oc1c(-c2ccc(Cl)cc2Cl)oc2ccccc2c1=O. The van der Waals surface area contributed by atoms with Gasteiger partial charge in [-0.2, -0.15) is 0 Å². The predicted molar refractivity (Wildman–Crippen MR) is 103 cm³/mol. The van der Waals surface area contributed by atoms with E-state index in [-0.39, 0.29) is 16.5 Å². The maximum atomic E-state index is 12.9. The Kier molecular flexibility index (Phi) is 5.16. The molecule has 2 aromatic carbocycles. The molecular weight excluding hydrogens is 375 g/mol. The lowest BCUT2D eigenvalue weighted by atomic mass is 10.1. The molecule has 0 spiro atoms. The van der Waals surface area contributed by atoms with Crippen LogP contribution >= 0.6 is 23.2 Å². The monoisotopic (exact) mass is 388 g/mol. The molecule has 132 valence electrons. The number of hydrogen-bond donors (Lipinski definition) is 0. The molecule has 0 aliphatic heterocycles. The molecule has 0 aliphatic carbocycles. The Hall–Kier alpha value is -2.56. The molecule has 3 rings (SSSR count). The minimum absolute atomic E-state index is 0.0749. The molecular formula is C20H14Cl2O4. The summed E-state index contributed by atoms with van der Waals surface area (Å²) >= 11 is 12.2. The molecule has 0 saturated carbocycles. The maximum absolute atomic E-state index is 12.9. The molecule has 3 aromatic rings. The molecule has 0 N–H and O–H groups in total. The number of carbonyl (C=O) groups excluding carboxylic acids is 1. The van der Waals surface area contributed by atoms with Gasteiger partial charge in [-0.25, -0.2) is 4.79 Å². The van der Waals surface area contributed by atoms with Crippen molar-refractivity contribution in [3.05, 3.63) is 74.4 Å². The molecule has 0 atom stereocenters. The summed E-state index contributed by atoms with van der Waals surface area (Å²) in [6.07, 6.45) is 1.29. The van der Waals surface area contributed by atoms with Crippen LogP contribution in [0.3, 0.4) is 0 Å². The van der Waals surface area contributed by atoms with Crippen LogP contribution in [0.2, 0.25) is 10.0 Å². The van der Waals surface area contributed by atoms with Crippen molar-refractivity contribution < 1.29 is 13.9 Å². The number of esters is 1. The van der Waals surface area contributed by atoms with E-state index in [1.807, 2.05) is 0 Å². The summed E-state index contributed by atoms with van der Waals surface area (Å²) in [6, 6.07) is 11.5. The van der Waals surface area contributed by atoms with E-state index in [0.29, 0.717) is 21.6 Å². The fraction of sp³-hybridized carbons (Fsp3) is 0.100. The lowest BCUT2D eigenvalue weighted by Gasteiger charge is -2.11. The largest absolute Gasteiger partial charge is 0.452 e. The van der Waals surface area contributed by atoms with Crippen LogP contribution in [-0.4, -0.2) is 5.97 Å². The molecule has 0 radical (unpaired) electrons. The number of allylic oxidation sites excluding steroid dienone is 1. The van der Waals surface area contributed by atoms with Crippen LogP contribution in [0.25, 0.3) is 22.3 Å². The molecule has 1 heterocycles. The van der Waals surface area contributed by atoms with Crippen molar-refractivity contribution in [3.8, 4) is 17.1 Å². The Morgan fingerprint density at radius 3 is 2.54 bits per heavy atom. The van der Waals surface area contributed by atoms with E-state index in [4.69, 9.17) is 32.4 Å². The van der Waals surface area contributed by atoms with Crippen LogP contribution in [0.15, 0.2) is 63.3 Å². The van der Waals surface area contributed by atoms with Crippen LogP contribution in [-0.2, 0) is 4.79 Å². The van der Waals surface area contributed by atoms with E-state index < -0.39 is 11.4 Å². The van der Waals surface area contributed by atoms with Crippen molar-refractivity contribution in [2.75, 3.05) is 0 Å². The van der Waals surface area contributed by atoms with Gasteiger partial charge in [0.2, 0.25) is 11.2 Å². The summed E-state index contributed by atoms with van der Waals surface area (Å²) in [5.74, 6) is -0.805. The number of carbonyl (C=O) groups is 1. The van der Waals surface area contributed by atoms with Crippen molar-refractivity contribution >= 4 is 40.1 Å². The third kappa shape index (κ3) is 3.66. The summed E-state index contributed by atoms with van der Waals surface area (Å²) in [7, 11) is 0. The first kappa shape index (κ1) is 18.2. The van der Waals surface area contributed by atoms with Crippen LogP contribution in [0.4, 0.5) is 0 Å². The van der Waals surface area contributed by atoms with Crippen LogP contribution in [0, 0.1) is 0 Å². The van der Waals surface area contributed by atoms with Crippen LogP contribution < -0.4 is 10.2 Å². The zero-order chi connectivity index (χ0) is 18.8. The van der Waals surface area contributed by atoms with Gasteiger partial charge in [0, 0.05) is 16.7 Å². The second-order valence-corrected chi connectivity index (χ2v) is 6.70. The molecule has 0 fully saturated rings. The summed E-state index contributed by atoms with van der Waals surface area (Å²) in [6.45, 7) is 3.50. The Morgan fingerprint density at radius 1 is 1.12 bits per heavy atom. The number of rotatable bonds is 3. The van der Waals surface area contributed by atoms with Gasteiger partial charge in [0.1, 0.15) is 5.58 Å². The standard InChI is InChI=1S/C20H14Cl2O4/c1-11(2)9-17(23)26-20-18(24)14-5-3-4-6-16(14)25-19(20)13-8-7-12(21)10-15(13)22/h3-10H,1-2H3. The highest BCUT2D eigenvalue weighted by molar-refractivity contribution is 6.36. The number of benzene rings is 2. The number of hydrogen-bond acceptors (Lipinski definition) is 4. The number of halogens is 2. The average Bonchev–Trinajstić information content (AvgIpc) is 2.57. The molecule has 4 nitrogen and oxygen atoms in total. The lowest BCUT2D eigenvalue weighted by molar-refractivity contribution is -0.129. The predicted octanol–water partition coefficient (Wildman–Crippen LogP) is 5.64. The Bertz CT molecular complexity index is 1090. The van der Waals surface area contributed by atoms with Gasteiger partial charge in [-0.15, -0.1) is 0 Å². The van der Waals surface area contributed by atoms with E-state index in [1.165, 1.54) is 12.1 Å². The van der Waals surface area contributed by atoms with Crippen molar-refractivity contribution in [3.63, 3.8) is 0 Å². The van der Waals surface area contributed by atoms with Gasteiger partial charge in [0.15, 0.2) is 5.76 Å². The highest BCUT2D eigenvalue weighted by Crippen LogP contribution is 2.36. The summed E-state index contributed by atoms with van der Waals surface area (Å²) in [5, 5.41) is 1.02. The summed E-state index contributed by atoms with van der Waals surface area (Å²) < 4.78 is 11.2. The second-order valence-electron chi connectivity index (χ2n) is 5.85. The fourth-order valence-electron chi connectivity index (χ4n) is 2.43. The first-order chi connectivity index (χ1) is 12.4. The molecule has 0 bridgehead atoms. The Labute approximate surface area is 159 Å². The third-order valence-electron chi connectivity index (χ3n) is 3.54. The van der Waals surface area contributed by atoms with Crippen LogP contribution in [0.1, 0.15) is 13.8 Å². The highest BCUT2D eigenvalue weighted by Gasteiger charge is 2.21. The summed E-state index contributed by atoms with van der Waals surface area (Å²) in [5.41, 5.74) is 1.05. The first-order valence-corrected chi connectivity index (χ1v) is 8.50. The quantitative estimate of drug-likeness (QED) is 0.430. The van der Waals surface area contributed by atoms with Gasteiger partial charge in [-0.1, -0.05) is 40.9 Å². The topological polar surface area (TPSA) is 56.5 Å². The average molecular weight is 389 g/mol. The molecule has 0 aliphatic rings. The minimum Gasteiger partial charge on any atom is -0.452 e. The smallest absolute Gasteiger partial charge is 0.336 e. The highest BCUT2D eigenvalue weighted by atomic mass is 35.5. The van der Waals surface area contributed by atoms with Crippen molar-refractivity contribution in [1.29, 1.82) is 0 Å². The van der Waals surface area contributed by atoms with E-state index in [2.05, 4.69) is 0 Å². The second kappa shape index (κ2) is 7.36. The first-order valence-electron chi connectivity index (χ1n) is 7.75. The normalized spacial score (nSPS) is 10.6. The Morgan fingerprint density at radius 2 is 1.85 bits per heavy atom. The van der Waals surface area contributed by atoms with Crippen molar-refractivity contribution in [2.45, 2.75) is 13.8 Å². The zero-order valence-electron chi connectivity index (χ0n) is 14.0. The van der Waals surface area contributed by atoms with E-state index in [1.54, 1.807) is 50.2 Å². The molecule has 26 heavy (non-hydrogen) atoms.